The zero-order chi connectivity index (χ0) is 15.7. The van der Waals surface area contributed by atoms with Crippen LogP contribution in [0.2, 0.25) is 0 Å². The maximum absolute atomic E-state index is 12.6. The van der Waals surface area contributed by atoms with Crippen molar-refractivity contribution in [3.8, 4) is 5.75 Å². The first-order valence-electron chi connectivity index (χ1n) is 7.08. The Morgan fingerprint density at radius 3 is 2.91 bits per heavy atom. The van der Waals surface area contributed by atoms with Gasteiger partial charge in [0.2, 0.25) is 0 Å². The van der Waals surface area contributed by atoms with Gasteiger partial charge in [-0.1, -0.05) is 6.07 Å². The molecule has 0 fully saturated rings. The Balaban J connectivity index is 1.86. The Kier molecular flexibility index (Phi) is 3.66. The zero-order valence-corrected chi connectivity index (χ0v) is 12.6. The Hall–Kier alpha value is -2.63. The van der Waals surface area contributed by atoms with Crippen molar-refractivity contribution in [3.05, 3.63) is 57.5 Å². The highest BCUT2D eigenvalue weighted by Crippen LogP contribution is 2.19. The Morgan fingerprint density at radius 2 is 2.14 bits per heavy atom. The summed E-state index contributed by atoms with van der Waals surface area (Å²) in [4.78, 5) is 26.0. The minimum atomic E-state index is -0.158. The lowest BCUT2D eigenvalue weighted by Gasteiger charge is -2.28. The number of hydrogen-bond donors (Lipinski definition) is 0. The summed E-state index contributed by atoms with van der Waals surface area (Å²) in [5.41, 5.74) is 2.14. The summed E-state index contributed by atoms with van der Waals surface area (Å²) in [6, 6.07) is 8.65. The molecule has 0 N–H and O–H groups in total. The average Bonchev–Trinajstić information content (AvgIpc) is 2.55. The summed E-state index contributed by atoms with van der Waals surface area (Å²) < 4.78 is 6.48. The Morgan fingerprint density at radius 1 is 1.32 bits per heavy atom. The average molecular weight is 299 g/mol. The van der Waals surface area contributed by atoms with Gasteiger partial charge in [0.25, 0.3) is 11.5 Å². The molecule has 114 valence electrons. The second-order valence-corrected chi connectivity index (χ2v) is 5.29. The van der Waals surface area contributed by atoms with Crippen molar-refractivity contribution >= 4 is 5.91 Å². The lowest BCUT2D eigenvalue weighted by atomic mass is 10.1. The number of amides is 1. The molecule has 0 saturated heterocycles. The van der Waals surface area contributed by atoms with Crippen molar-refractivity contribution in [2.75, 3.05) is 13.7 Å². The van der Waals surface area contributed by atoms with Crippen LogP contribution in [0.25, 0.3) is 0 Å². The molecule has 0 saturated carbocycles. The van der Waals surface area contributed by atoms with Crippen molar-refractivity contribution in [3.63, 3.8) is 0 Å². The van der Waals surface area contributed by atoms with Gasteiger partial charge in [-0.25, -0.2) is 4.68 Å². The number of hydrogen-bond acceptors (Lipinski definition) is 4. The first-order chi connectivity index (χ1) is 10.6. The van der Waals surface area contributed by atoms with Crippen LogP contribution < -0.4 is 10.3 Å². The largest absolute Gasteiger partial charge is 0.497 e. The van der Waals surface area contributed by atoms with Gasteiger partial charge in [0.1, 0.15) is 5.75 Å². The quantitative estimate of drug-likeness (QED) is 0.829. The highest BCUT2D eigenvalue weighted by Gasteiger charge is 2.23. The summed E-state index contributed by atoms with van der Waals surface area (Å²) in [5, 5.41) is 4.25. The lowest BCUT2D eigenvalue weighted by molar-refractivity contribution is 0.0732. The van der Waals surface area contributed by atoms with Gasteiger partial charge in [-0.05, 0) is 18.2 Å². The molecular formula is C16H17N3O3. The third-order valence-electron chi connectivity index (χ3n) is 3.84. The van der Waals surface area contributed by atoms with E-state index in [0.717, 1.165) is 11.3 Å². The third kappa shape index (κ3) is 2.59. The summed E-state index contributed by atoms with van der Waals surface area (Å²) in [5.74, 6) is 0.587. The van der Waals surface area contributed by atoms with Crippen LogP contribution in [0.3, 0.4) is 0 Å². The van der Waals surface area contributed by atoms with Crippen molar-refractivity contribution < 1.29 is 9.53 Å². The van der Waals surface area contributed by atoms with E-state index in [1.807, 2.05) is 0 Å². The number of carbonyl (C=O) groups is 1. The number of rotatable bonds is 2. The predicted molar refractivity (Wildman–Crippen MR) is 80.9 cm³/mol. The standard InChI is InChI=1S/C16H17N3O3/c1-18-15(20)9-12-10-19(7-6-14(12)17-18)16(21)11-4-3-5-13(8-11)22-2/h3-5,8-9H,6-7,10H2,1-2H3. The van der Waals surface area contributed by atoms with E-state index in [1.165, 1.54) is 4.68 Å². The summed E-state index contributed by atoms with van der Waals surface area (Å²) >= 11 is 0. The van der Waals surface area contributed by atoms with Crippen molar-refractivity contribution in [2.45, 2.75) is 13.0 Å². The normalized spacial score (nSPS) is 13.6. The smallest absolute Gasteiger partial charge is 0.266 e. The predicted octanol–water partition coefficient (Wildman–Crippen LogP) is 0.987. The van der Waals surface area contributed by atoms with Gasteiger partial charge in [-0.3, -0.25) is 9.59 Å². The monoisotopic (exact) mass is 299 g/mol. The third-order valence-corrected chi connectivity index (χ3v) is 3.84. The molecule has 0 radical (unpaired) electrons. The van der Waals surface area contributed by atoms with Crippen LogP contribution in [0.5, 0.6) is 5.75 Å². The molecule has 22 heavy (non-hydrogen) atoms. The van der Waals surface area contributed by atoms with E-state index in [0.29, 0.717) is 30.8 Å². The van der Waals surface area contributed by atoms with Gasteiger partial charge in [0.15, 0.2) is 0 Å². The molecule has 0 spiro atoms. The molecule has 0 bridgehead atoms. The molecule has 1 aliphatic rings. The van der Waals surface area contributed by atoms with E-state index in [9.17, 15) is 9.59 Å². The fourth-order valence-corrected chi connectivity index (χ4v) is 2.61. The van der Waals surface area contributed by atoms with Crippen molar-refractivity contribution in [1.29, 1.82) is 0 Å². The van der Waals surface area contributed by atoms with Gasteiger partial charge < -0.3 is 9.64 Å². The Labute approximate surface area is 127 Å². The highest BCUT2D eigenvalue weighted by atomic mass is 16.5. The van der Waals surface area contributed by atoms with E-state index >= 15 is 0 Å². The molecule has 1 aromatic heterocycles. The van der Waals surface area contributed by atoms with Crippen LogP contribution in [-0.4, -0.2) is 34.2 Å². The van der Waals surface area contributed by atoms with E-state index in [4.69, 9.17) is 4.74 Å². The first kappa shape index (κ1) is 14.3. The summed E-state index contributed by atoms with van der Waals surface area (Å²) in [7, 11) is 3.21. The van der Waals surface area contributed by atoms with Crippen LogP contribution in [0.4, 0.5) is 0 Å². The van der Waals surface area contributed by atoms with E-state index < -0.39 is 0 Å². The molecule has 2 aromatic rings. The first-order valence-corrected chi connectivity index (χ1v) is 7.08. The van der Waals surface area contributed by atoms with Crippen LogP contribution in [0, 0.1) is 0 Å². The van der Waals surface area contributed by atoms with Crippen LogP contribution >= 0.6 is 0 Å². The van der Waals surface area contributed by atoms with Crippen LogP contribution in [-0.2, 0) is 20.0 Å². The minimum absolute atomic E-state index is 0.0646. The molecule has 1 amide bonds. The van der Waals surface area contributed by atoms with E-state index in [-0.39, 0.29) is 11.5 Å². The Bertz CT molecular complexity index is 782. The SMILES string of the molecule is COc1cccc(C(=O)N2CCc3nn(C)c(=O)cc3C2)c1. The van der Waals surface area contributed by atoms with Gasteiger partial charge in [0.05, 0.1) is 12.8 Å². The molecule has 2 heterocycles. The zero-order valence-electron chi connectivity index (χ0n) is 12.6. The number of fused-ring (bicyclic) bond motifs is 1. The molecule has 0 unspecified atom stereocenters. The highest BCUT2D eigenvalue weighted by molar-refractivity contribution is 5.94. The maximum atomic E-state index is 12.6. The number of carbonyl (C=O) groups excluding carboxylic acids is 1. The molecule has 6 nitrogen and oxygen atoms in total. The van der Waals surface area contributed by atoms with Crippen LogP contribution in [0.15, 0.2) is 35.1 Å². The second kappa shape index (κ2) is 5.63. The molecular weight excluding hydrogens is 282 g/mol. The topological polar surface area (TPSA) is 64.4 Å². The van der Waals surface area contributed by atoms with Gasteiger partial charge in [-0.2, -0.15) is 5.10 Å². The fraction of sp³-hybridized carbons (Fsp3) is 0.312. The van der Waals surface area contributed by atoms with Gasteiger partial charge in [0, 0.05) is 43.8 Å². The van der Waals surface area contributed by atoms with Crippen molar-refractivity contribution in [1.82, 2.24) is 14.7 Å². The van der Waals surface area contributed by atoms with Crippen molar-refractivity contribution in [2.24, 2.45) is 7.05 Å². The van der Waals surface area contributed by atoms with Gasteiger partial charge >= 0.3 is 0 Å². The number of nitrogens with zero attached hydrogens (tertiary/aromatic N) is 3. The maximum Gasteiger partial charge on any atom is 0.266 e. The molecule has 0 atom stereocenters. The summed E-state index contributed by atoms with van der Waals surface area (Å²) in [6.45, 7) is 1.00. The van der Waals surface area contributed by atoms with E-state index in [2.05, 4.69) is 5.10 Å². The fourth-order valence-electron chi connectivity index (χ4n) is 2.61. The second-order valence-electron chi connectivity index (χ2n) is 5.29. The molecule has 0 aliphatic carbocycles. The van der Waals surface area contributed by atoms with Gasteiger partial charge in [-0.15, -0.1) is 0 Å². The molecule has 3 rings (SSSR count). The number of aromatic nitrogens is 2. The minimum Gasteiger partial charge on any atom is -0.497 e. The number of benzene rings is 1. The van der Waals surface area contributed by atoms with Crippen LogP contribution in [0.1, 0.15) is 21.6 Å². The number of methoxy groups -OCH3 is 1. The molecule has 1 aromatic carbocycles. The van der Waals surface area contributed by atoms with E-state index in [1.54, 1.807) is 49.4 Å². The lowest BCUT2D eigenvalue weighted by Crippen LogP contribution is -2.38. The number of aryl methyl sites for hydroxylation is 1. The summed E-state index contributed by atoms with van der Waals surface area (Å²) in [6.07, 6.45) is 0.652. The number of ether oxygens (including phenoxy) is 1. The molecule has 1 aliphatic heterocycles. The molecule has 6 heteroatoms.